The van der Waals surface area contributed by atoms with Crippen LogP contribution in [0.15, 0.2) is 40.2 Å². The predicted octanol–water partition coefficient (Wildman–Crippen LogP) is 2.13. The molecule has 0 spiro atoms. The first-order valence-corrected chi connectivity index (χ1v) is 6.25. The minimum Gasteiger partial charge on any atom is -0.497 e. The maximum Gasteiger partial charge on any atom is 0.249 e. The third-order valence-corrected chi connectivity index (χ3v) is 2.98. The maximum absolute atomic E-state index is 8.72. The Balaban J connectivity index is 2.35. The number of nitrogens with zero attached hydrogens (tertiary/aromatic N) is 3. The van der Waals surface area contributed by atoms with Crippen molar-refractivity contribution in [1.29, 1.82) is 0 Å². The molecule has 2 aromatic rings. The third kappa shape index (κ3) is 2.97. The first kappa shape index (κ1) is 14.1. The second-order valence-electron chi connectivity index (χ2n) is 3.59. The van der Waals surface area contributed by atoms with Gasteiger partial charge in [-0.3, -0.25) is 0 Å². The van der Waals surface area contributed by atoms with Crippen molar-refractivity contribution in [3.8, 4) is 17.4 Å². The zero-order chi connectivity index (χ0) is 14.5. The molecule has 0 saturated heterocycles. The van der Waals surface area contributed by atoms with E-state index < -0.39 is 0 Å². The van der Waals surface area contributed by atoms with Crippen LogP contribution in [0.25, 0.3) is 0 Å². The fraction of sp³-hybridized carbons (Fsp3) is 0.0833. The van der Waals surface area contributed by atoms with E-state index in [2.05, 4.69) is 31.1 Å². The fourth-order valence-corrected chi connectivity index (χ4v) is 1.86. The van der Waals surface area contributed by atoms with Crippen molar-refractivity contribution in [3.63, 3.8) is 0 Å². The normalized spacial score (nSPS) is 11.2. The van der Waals surface area contributed by atoms with Gasteiger partial charge in [0.25, 0.3) is 0 Å². The molecule has 3 N–H and O–H groups in total. The second-order valence-corrected chi connectivity index (χ2v) is 4.45. The minimum atomic E-state index is -0.183. The van der Waals surface area contributed by atoms with Crippen LogP contribution in [-0.4, -0.2) is 28.1 Å². The van der Waals surface area contributed by atoms with Crippen molar-refractivity contribution in [2.24, 2.45) is 10.9 Å². The van der Waals surface area contributed by atoms with Crippen LogP contribution in [0.4, 0.5) is 0 Å². The summed E-state index contributed by atoms with van der Waals surface area (Å²) in [5.74, 6) is 1.13. The van der Waals surface area contributed by atoms with Gasteiger partial charge in [-0.15, -0.1) is 0 Å². The van der Waals surface area contributed by atoms with Crippen molar-refractivity contribution in [1.82, 2.24) is 9.97 Å². The largest absolute Gasteiger partial charge is 0.497 e. The van der Waals surface area contributed by atoms with Gasteiger partial charge in [-0.25, -0.2) is 9.97 Å². The highest BCUT2D eigenvalue weighted by molar-refractivity contribution is 9.10. The van der Waals surface area contributed by atoms with Crippen LogP contribution < -0.4 is 15.2 Å². The molecular weight excluding hydrogens is 328 g/mol. The highest BCUT2D eigenvalue weighted by Crippen LogP contribution is 2.32. The van der Waals surface area contributed by atoms with Crippen LogP contribution >= 0.6 is 15.9 Å². The molecule has 1 aromatic heterocycles. The number of rotatable bonds is 4. The molecule has 0 atom stereocenters. The lowest BCUT2D eigenvalue weighted by Crippen LogP contribution is -2.16. The molecule has 1 heterocycles. The summed E-state index contributed by atoms with van der Waals surface area (Å²) in [4.78, 5) is 7.98. The smallest absolute Gasteiger partial charge is 0.249 e. The van der Waals surface area contributed by atoms with Gasteiger partial charge >= 0.3 is 0 Å². The topological polar surface area (TPSA) is 103 Å². The van der Waals surface area contributed by atoms with E-state index >= 15 is 0 Å². The average molecular weight is 339 g/mol. The number of hydrogen-bond donors (Lipinski definition) is 2. The van der Waals surface area contributed by atoms with Gasteiger partial charge in [-0.2, -0.15) is 0 Å². The third-order valence-electron chi connectivity index (χ3n) is 2.36. The number of ether oxygens (including phenoxy) is 2. The molecule has 0 aliphatic carbocycles. The molecule has 0 unspecified atom stereocenters. The quantitative estimate of drug-likeness (QED) is 0.383. The van der Waals surface area contributed by atoms with Crippen LogP contribution in [-0.2, 0) is 0 Å². The van der Waals surface area contributed by atoms with Gasteiger partial charge in [0.2, 0.25) is 5.88 Å². The van der Waals surface area contributed by atoms with Crippen molar-refractivity contribution in [2.75, 3.05) is 7.11 Å². The summed E-state index contributed by atoms with van der Waals surface area (Å²) in [6.45, 7) is 0. The molecule has 104 valence electrons. The Morgan fingerprint density at radius 3 is 2.75 bits per heavy atom. The number of oxime groups is 1. The summed E-state index contributed by atoms with van der Waals surface area (Å²) >= 11 is 3.36. The molecule has 8 heteroatoms. The predicted molar refractivity (Wildman–Crippen MR) is 75.3 cm³/mol. The molecule has 20 heavy (non-hydrogen) atoms. The number of aromatic nitrogens is 2. The molecule has 1 aromatic carbocycles. The number of amidine groups is 1. The second kappa shape index (κ2) is 6.20. The van der Waals surface area contributed by atoms with E-state index in [-0.39, 0.29) is 17.4 Å². The van der Waals surface area contributed by atoms with Crippen molar-refractivity contribution in [3.05, 3.63) is 40.8 Å². The zero-order valence-electron chi connectivity index (χ0n) is 10.4. The van der Waals surface area contributed by atoms with E-state index in [4.69, 9.17) is 20.4 Å². The Morgan fingerprint density at radius 1 is 1.35 bits per heavy atom. The van der Waals surface area contributed by atoms with Gasteiger partial charge in [-0.1, -0.05) is 5.16 Å². The Hall–Kier alpha value is -2.35. The average Bonchev–Trinajstić information content (AvgIpc) is 2.49. The first-order chi connectivity index (χ1) is 9.65. The number of hydrogen-bond acceptors (Lipinski definition) is 6. The summed E-state index contributed by atoms with van der Waals surface area (Å²) in [5, 5.41) is 11.6. The molecule has 0 fully saturated rings. The van der Waals surface area contributed by atoms with Gasteiger partial charge < -0.3 is 20.4 Å². The van der Waals surface area contributed by atoms with Crippen molar-refractivity contribution < 1.29 is 14.7 Å². The number of benzene rings is 1. The molecule has 0 bridgehead atoms. The van der Waals surface area contributed by atoms with Gasteiger partial charge in [0.1, 0.15) is 11.5 Å². The summed E-state index contributed by atoms with van der Waals surface area (Å²) in [7, 11) is 1.57. The Bertz CT molecular complexity index is 648. The molecule has 0 aliphatic rings. The van der Waals surface area contributed by atoms with Crippen LogP contribution in [0.5, 0.6) is 17.4 Å². The van der Waals surface area contributed by atoms with E-state index in [1.165, 1.54) is 12.4 Å². The standard InChI is InChI=1S/C12H11BrN4O3/c1-19-7-2-3-9(8(13)6-7)20-12-10(11(14)17-18)15-4-5-16-12/h2-6,18H,1H3,(H2,14,17). The van der Waals surface area contributed by atoms with Crippen LogP contribution in [0.3, 0.4) is 0 Å². The van der Waals surface area contributed by atoms with Gasteiger partial charge in [0.05, 0.1) is 11.6 Å². The highest BCUT2D eigenvalue weighted by atomic mass is 79.9. The van der Waals surface area contributed by atoms with Gasteiger partial charge in [0, 0.05) is 12.4 Å². The summed E-state index contributed by atoms with van der Waals surface area (Å²) in [6.07, 6.45) is 2.87. The number of halogens is 1. The zero-order valence-corrected chi connectivity index (χ0v) is 12.0. The molecule has 2 rings (SSSR count). The molecule has 0 saturated carbocycles. The van der Waals surface area contributed by atoms with Crippen molar-refractivity contribution in [2.45, 2.75) is 0 Å². The number of nitrogens with two attached hydrogens (primary N) is 1. The van der Waals surface area contributed by atoms with Crippen LogP contribution in [0.1, 0.15) is 5.69 Å². The van der Waals surface area contributed by atoms with Gasteiger partial charge in [-0.05, 0) is 34.1 Å². The maximum atomic E-state index is 8.72. The minimum absolute atomic E-state index is 0.133. The lowest BCUT2D eigenvalue weighted by atomic mass is 10.3. The lowest BCUT2D eigenvalue weighted by Gasteiger charge is -2.10. The fourth-order valence-electron chi connectivity index (χ4n) is 1.42. The molecule has 0 amide bonds. The molecule has 0 aliphatic heterocycles. The van der Waals surface area contributed by atoms with E-state index in [9.17, 15) is 0 Å². The first-order valence-electron chi connectivity index (χ1n) is 5.46. The van der Waals surface area contributed by atoms with E-state index in [0.29, 0.717) is 16.0 Å². The monoisotopic (exact) mass is 338 g/mol. The molecule has 0 radical (unpaired) electrons. The molecular formula is C12H11BrN4O3. The van der Waals surface area contributed by atoms with E-state index in [1.807, 2.05) is 0 Å². The SMILES string of the molecule is COc1ccc(Oc2nccnc2/C(N)=N/O)c(Br)c1. The summed E-state index contributed by atoms with van der Waals surface area (Å²) in [5.41, 5.74) is 5.67. The van der Waals surface area contributed by atoms with Crippen LogP contribution in [0.2, 0.25) is 0 Å². The lowest BCUT2D eigenvalue weighted by molar-refractivity contribution is 0.318. The van der Waals surface area contributed by atoms with E-state index in [1.54, 1.807) is 25.3 Å². The van der Waals surface area contributed by atoms with Gasteiger partial charge in [0.15, 0.2) is 11.5 Å². The van der Waals surface area contributed by atoms with Crippen molar-refractivity contribution >= 4 is 21.8 Å². The van der Waals surface area contributed by atoms with E-state index in [0.717, 1.165) is 0 Å². The highest BCUT2D eigenvalue weighted by Gasteiger charge is 2.13. The van der Waals surface area contributed by atoms with Crippen LogP contribution in [0, 0.1) is 0 Å². The Morgan fingerprint density at radius 2 is 2.10 bits per heavy atom. The Kier molecular flexibility index (Phi) is 4.36. The summed E-state index contributed by atoms with van der Waals surface area (Å²) < 4.78 is 11.4. The Labute approximate surface area is 123 Å². The summed E-state index contributed by atoms with van der Waals surface area (Å²) in [6, 6.07) is 5.18. The molecule has 7 nitrogen and oxygen atoms in total. The number of methoxy groups -OCH3 is 1.